The molecule has 0 aliphatic carbocycles. The van der Waals surface area contributed by atoms with Crippen LogP contribution in [0.15, 0.2) is 55.4 Å². The normalized spacial score (nSPS) is 15.3. The maximum Gasteiger partial charge on any atom is 0.419 e. The topological polar surface area (TPSA) is 128 Å². The van der Waals surface area contributed by atoms with Gasteiger partial charge in [-0.15, -0.1) is 0 Å². The Morgan fingerprint density at radius 3 is 2.47 bits per heavy atom. The molecule has 1 aromatic heterocycles. The molecule has 2 heterocycles. The maximum absolute atomic E-state index is 13.1. The summed E-state index contributed by atoms with van der Waals surface area (Å²) in [7, 11) is -6.41. The molecule has 0 amide bonds. The molecule has 10 nitrogen and oxygen atoms in total. The molecule has 0 saturated carbocycles. The second-order valence-corrected chi connectivity index (χ2v) is 11.0. The Morgan fingerprint density at radius 1 is 1.06 bits per heavy atom. The molecule has 1 saturated heterocycles. The zero-order chi connectivity index (χ0) is 23.1. The van der Waals surface area contributed by atoms with Gasteiger partial charge in [-0.1, -0.05) is 0 Å². The van der Waals surface area contributed by atoms with E-state index in [1.807, 2.05) is 0 Å². The third kappa shape index (κ3) is 4.00. The largest absolute Gasteiger partial charge is 0.492 e. The summed E-state index contributed by atoms with van der Waals surface area (Å²) in [6.07, 6.45) is 1.54. The summed E-state index contributed by atoms with van der Waals surface area (Å²) >= 11 is 0. The summed E-state index contributed by atoms with van der Waals surface area (Å²) in [5.41, 5.74) is 0.652. The highest BCUT2D eigenvalue weighted by Gasteiger charge is 2.31. The first-order valence-electron chi connectivity index (χ1n) is 10.0. The van der Waals surface area contributed by atoms with Crippen molar-refractivity contribution in [2.24, 2.45) is 7.05 Å². The average molecular weight is 482 g/mol. The molecule has 0 bridgehead atoms. The van der Waals surface area contributed by atoms with E-state index in [4.69, 9.17) is 9.15 Å². The minimum atomic E-state index is -4.09. The molecule has 0 unspecified atom stereocenters. The Kier molecular flexibility index (Phi) is 5.77. The molecule has 32 heavy (non-hydrogen) atoms. The molecule has 1 fully saturated rings. The van der Waals surface area contributed by atoms with Crippen LogP contribution in [0.4, 0.5) is 5.69 Å². The first-order valence-corrected chi connectivity index (χ1v) is 13.0. The third-order valence-electron chi connectivity index (χ3n) is 5.25. The van der Waals surface area contributed by atoms with Gasteiger partial charge in [0.1, 0.15) is 10.6 Å². The first-order chi connectivity index (χ1) is 15.1. The number of nitrogens with zero attached hydrogens (tertiary/aromatic N) is 2. The molecule has 1 N–H and O–H groups in total. The number of rotatable bonds is 7. The highest BCUT2D eigenvalue weighted by atomic mass is 32.2. The van der Waals surface area contributed by atoms with E-state index < -0.39 is 25.8 Å². The quantitative estimate of drug-likeness (QED) is 0.547. The number of nitrogens with one attached hydrogen (secondary N) is 1. The molecule has 3 aromatic rings. The van der Waals surface area contributed by atoms with E-state index in [-0.39, 0.29) is 33.4 Å². The summed E-state index contributed by atoms with van der Waals surface area (Å²) in [5, 5.41) is 0. The molecule has 1 aliphatic rings. The van der Waals surface area contributed by atoms with E-state index >= 15 is 0 Å². The molecule has 2 aromatic carbocycles. The number of anilines is 1. The molecular weight excluding hydrogens is 458 g/mol. The van der Waals surface area contributed by atoms with Gasteiger partial charge in [-0.3, -0.25) is 9.29 Å². The summed E-state index contributed by atoms with van der Waals surface area (Å²) in [6.45, 7) is 2.81. The van der Waals surface area contributed by atoms with Crippen LogP contribution >= 0.6 is 0 Å². The Hall–Kier alpha value is -2.83. The molecule has 0 spiro atoms. The van der Waals surface area contributed by atoms with Crippen molar-refractivity contribution in [3.63, 3.8) is 0 Å². The van der Waals surface area contributed by atoms with Crippen LogP contribution in [0.3, 0.4) is 0 Å². The Morgan fingerprint density at radius 2 is 1.78 bits per heavy atom. The van der Waals surface area contributed by atoms with E-state index in [2.05, 4.69) is 4.72 Å². The lowest BCUT2D eigenvalue weighted by molar-refractivity contribution is 0.330. The minimum absolute atomic E-state index is 0.0702. The molecule has 1 aliphatic heterocycles. The monoisotopic (exact) mass is 481 g/mol. The highest BCUT2D eigenvalue weighted by molar-refractivity contribution is 7.92. The molecular formula is C20H23N3O7S2. The highest BCUT2D eigenvalue weighted by Crippen LogP contribution is 2.32. The van der Waals surface area contributed by atoms with E-state index in [0.29, 0.717) is 18.6 Å². The number of sulfonamides is 2. The standard InChI is InChI=1S/C20H23N3O7S2/c1-3-29-17-9-6-14(12-19(17)32(27,28)23-10-4-5-11-23)21-31(25,26)15-7-8-16-18(13-15)30-20(24)22(16)2/h6-9,12-13,21H,3-5,10-11H2,1-2H3. The Balaban J connectivity index is 1.71. The SMILES string of the molecule is CCOc1ccc(NS(=O)(=O)c2ccc3c(c2)oc(=O)n3C)cc1S(=O)(=O)N1CCCC1. The van der Waals surface area contributed by atoms with Crippen molar-refractivity contribution < 1.29 is 26.0 Å². The van der Waals surface area contributed by atoms with Gasteiger partial charge in [0, 0.05) is 26.2 Å². The van der Waals surface area contributed by atoms with Gasteiger partial charge >= 0.3 is 5.76 Å². The van der Waals surface area contributed by atoms with Crippen molar-refractivity contribution in [1.82, 2.24) is 8.87 Å². The van der Waals surface area contributed by atoms with Crippen LogP contribution in [0.1, 0.15) is 19.8 Å². The van der Waals surface area contributed by atoms with Crippen molar-refractivity contribution in [3.8, 4) is 5.75 Å². The second-order valence-electron chi connectivity index (χ2n) is 7.37. The number of oxazole rings is 1. The lowest BCUT2D eigenvalue weighted by Gasteiger charge is -2.19. The van der Waals surface area contributed by atoms with Crippen LogP contribution in [-0.4, -0.2) is 45.4 Å². The fourth-order valence-corrected chi connectivity index (χ4v) is 6.35. The van der Waals surface area contributed by atoms with Gasteiger partial charge in [0.05, 0.1) is 22.7 Å². The number of aryl methyl sites for hydroxylation is 1. The third-order valence-corrected chi connectivity index (χ3v) is 8.55. The summed E-state index contributed by atoms with van der Waals surface area (Å²) in [5.74, 6) is -0.444. The summed E-state index contributed by atoms with van der Waals surface area (Å²) in [4.78, 5) is 11.5. The Labute approximate surface area is 185 Å². The van der Waals surface area contributed by atoms with Crippen molar-refractivity contribution >= 4 is 36.8 Å². The van der Waals surface area contributed by atoms with Crippen LogP contribution in [0.25, 0.3) is 11.1 Å². The van der Waals surface area contributed by atoms with Gasteiger partial charge in [-0.05, 0) is 50.1 Å². The minimum Gasteiger partial charge on any atom is -0.492 e. The zero-order valence-electron chi connectivity index (χ0n) is 17.6. The van der Waals surface area contributed by atoms with Gasteiger partial charge in [0.2, 0.25) is 10.0 Å². The number of ether oxygens (including phenoxy) is 1. The molecule has 172 valence electrons. The predicted octanol–water partition coefficient (Wildman–Crippen LogP) is 2.12. The van der Waals surface area contributed by atoms with E-state index in [0.717, 1.165) is 12.8 Å². The molecule has 4 rings (SSSR count). The zero-order valence-corrected chi connectivity index (χ0v) is 19.2. The fourth-order valence-electron chi connectivity index (χ4n) is 3.61. The van der Waals surface area contributed by atoms with Gasteiger partial charge in [-0.25, -0.2) is 21.6 Å². The number of hydrogen-bond acceptors (Lipinski definition) is 7. The van der Waals surface area contributed by atoms with E-state index in [9.17, 15) is 21.6 Å². The first kappa shape index (κ1) is 22.4. The van der Waals surface area contributed by atoms with Gasteiger partial charge in [0.25, 0.3) is 10.0 Å². The van der Waals surface area contributed by atoms with Crippen molar-refractivity contribution in [1.29, 1.82) is 0 Å². The molecule has 0 radical (unpaired) electrons. The van der Waals surface area contributed by atoms with E-state index in [1.165, 1.54) is 52.3 Å². The number of fused-ring (bicyclic) bond motifs is 1. The number of aromatic nitrogens is 1. The number of hydrogen-bond donors (Lipinski definition) is 1. The fraction of sp³-hybridized carbons (Fsp3) is 0.350. The maximum atomic E-state index is 13.1. The van der Waals surface area contributed by atoms with Crippen molar-refractivity contribution in [2.75, 3.05) is 24.4 Å². The van der Waals surface area contributed by atoms with Crippen LogP contribution in [-0.2, 0) is 27.1 Å². The van der Waals surface area contributed by atoms with E-state index in [1.54, 1.807) is 6.92 Å². The van der Waals surface area contributed by atoms with Crippen LogP contribution in [0.2, 0.25) is 0 Å². The van der Waals surface area contributed by atoms with Crippen LogP contribution in [0.5, 0.6) is 5.75 Å². The van der Waals surface area contributed by atoms with Crippen molar-refractivity contribution in [3.05, 3.63) is 46.9 Å². The van der Waals surface area contributed by atoms with Crippen LogP contribution < -0.4 is 15.2 Å². The molecule has 0 atom stereocenters. The van der Waals surface area contributed by atoms with Crippen LogP contribution in [0, 0.1) is 0 Å². The Bertz CT molecular complexity index is 1430. The lowest BCUT2D eigenvalue weighted by Crippen LogP contribution is -2.28. The number of benzene rings is 2. The second kappa shape index (κ2) is 8.26. The van der Waals surface area contributed by atoms with Gasteiger partial charge in [0.15, 0.2) is 5.58 Å². The smallest absolute Gasteiger partial charge is 0.419 e. The molecule has 12 heteroatoms. The van der Waals surface area contributed by atoms with Crippen molar-refractivity contribution in [2.45, 2.75) is 29.6 Å². The van der Waals surface area contributed by atoms with Gasteiger partial charge in [-0.2, -0.15) is 4.31 Å². The average Bonchev–Trinajstić information content (AvgIpc) is 3.38. The van der Waals surface area contributed by atoms with Gasteiger partial charge < -0.3 is 9.15 Å². The lowest BCUT2D eigenvalue weighted by atomic mass is 10.3. The summed E-state index contributed by atoms with van der Waals surface area (Å²) in [6, 6.07) is 8.19. The predicted molar refractivity (Wildman–Crippen MR) is 118 cm³/mol. The summed E-state index contributed by atoms with van der Waals surface area (Å²) < 4.78 is 67.7.